The lowest BCUT2D eigenvalue weighted by atomic mass is 10.1. The topological polar surface area (TPSA) is 109 Å². The minimum atomic E-state index is -0.297. The third-order valence-corrected chi connectivity index (χ3v) is 7.63. The first-order valence-electron chi connectivity index (χ1n) is 11.9. The Hall–Kier alpha value is -3.85. The van der Waals surface area contributed by atoms with Crippen LogP contribution in [0.3, 0.4) is 0 Å². The van der Waals surface area contributed by atoms with Crippen LogP contribution in [0.25, 0.3) is 33.0 Å². The molecule has 2 aliphatic rings. The number of anilines is 2. The van der Waals surface area contributed by atoms with Gasteiger partial charge >= 0.3 is 0 Å². The number of aromatic nitrogens is 5. The number of halogens is 1. The van der Waals surface area contributed by atoms with E-state index in [2.05, 4.69) is 25.2 Å². The standard InChI is InChI=1S/C26H25FN8/c1-29-19-10-15(27)9-16-22-24(34-23(16)19)32-21(8-14-7-18-17(31-12-14)3-2-5-30-18)33-25(22)35-6-4-26(13-35)11-20(26)28/h2-3,5,7,9-10,12,20,29H,4,6,8,11,13,28H2,1H3,(H,32,33,34). The van der Waals surface area contributed by atoms with Gasteiger partial charge < -0.3 is 20.9 Å². The molecule has 1 spiro atoms. The van der Waals surface area contributed by atoms with Crippen LogP contribution in [0.15, 0.2) is 42.7 Å². The molecule has 4 aromatic heterocycles. The highest BCUT2D eigenvalue weighted by molar-refractivity contribution is 6.14. The van der Waals surface area contributed by atoms with E-state index in [1.807, 2.05) is 24.4 Å². The molecule has 7 rings (SSSR count). The summed E-state index contributed by atoms with van der Waals surface area (Å²) < 4.78 is 14.5. The Morgan fingerprint density at radius 2 is 2.11 bits per heavy atom. The molecule has 8 nitrogen and oxygen atoms in total. The average molecular weight is 469 g/mol. The third kappa shape index (κ3) is 3.22. The zero-order valence-electron chi connectivity index (χ0n) is 19.3. The number of nitrogens with zero attached hydrogens (tertiary/aromatic N) is 5. The highest BCUT2D eigenvalue weighted by Gasteiger charge is 2.55. The van der Waals surface area contributed by atoms with Gasteiger partial charge in [0.25, 0.3) is 0 Å². The van der Waals surface area contributed by atoms with Crippen molar-refractivity contribution in [3.8, 4) is 0 Å². The summed E-state index contributed by atoms with van der Waals surface area (Å²) in [7, 11) is 1.79. The molecule has 0 bridgehead atoms. The number of rotatable bonds is 4. The van der Waals surface area contributed by atoms with Crippen LogP contribution < -0.4 is 16.0 Å². The first-order valence-corrected chi connectivity index (χ1v) is 11.9. The summed E-state index contributed by atoms with van der Waals surface area (Å²) in [4.78, 5) is 24.6. The van der Waals surface area contributed by atoms with Crippen LogP contribution in [0.4, 0.5) is 15.9 Å². The first kappa shape index (κ1) is 20.5. The molecule has 0 radical (unpaired) electrons. The fraction of sp³-hybridized carbons (Fsp3) is 0.308. The van der Waals surface area contributed by atoms with Crippen LogP contribution in [0.5, 0.6) is 0 Å². The van der Waals surface area contributed by atoms with Gasteiger partial charge in [-0.15, -0.1) is 0 Å². The first-order chi connectivity index (χ1) is 17.0. The fourth-order valence-electron chi connectivity index (χ4n) is 5.59. The molecule has 1 saturated heterocycles. The number of benzene rings is 1. The highest BCUT2D eigenvalue weighted by Crippen LogP contribution is 2.53. The van der Waals surface area contributed by atoms with Crippen molar-refractivity contribution in [3.63, 3.8) is 0 Å². The maximum Gasteiger partial charge on any atom is 0.144 e. The van der Waals surface area contributed by atoms with Gasteiger partial charge in [-0.3, -0.25) is 9.97 Å². The van der Waals surface area contributed by atoms with Crippen LogP contribution in [-0.4, -0.2) is 51.1 Å². The van der Waals surface area contributed by atoms with Gasteiger partial charge in [0.15, 0.2) is 0 Å². The summed E-state index contributed by atoms with van der Waals surface area (Å²) in [6.45, 7) is 1.74. The van der Waals surface area contributed by atoms with Crippen molar-refractivity contribution in [2.24, 2.45) is 11.1 Å². The summed E-state index contributed by atoms with van der Waals surface area (Å²) in [5.74, 6) is 1.23. The molecule has 1 saturated carbocycles. The van der Waals surface area contributed by atoms with E-state index in [1.165, 1.54) is 6.07 Å². The molecule has 2 unspecified atom stereocenters. The predicted octanol–water partition coefficient (Wildman–Crippen LogP) is 3.75. The van der Waals surface area contributed by atoms with Crippen LogP contribution in [0.1, 0.15) is 24.2 Å². The number of pyridine rings is 2. The summed E-state index contributed by atoms with van der Waals surface area (Å²) in [6.07, 6.45) is 6.23. The SMILES string of the molecule is CNc1cc(F)cc2c1[nH]c1nc(Cc3cnc4cccnc4c3)nc(N3CCC4(CC4N)C3)c12. The van der Waals surface area contributed by atoms with Crippen molar-refractivity contribution < 1.29 is 4.39 Å². The van der Waals surface area contributed by atoms with Gasteiger partial charge in [-0.05, 0) is 48.7 Å². The summed E-state index contributed by atoms with van der Waals surface area (Å²) in [5, 5.41) is 4.73. The monoisotopic (exact) mass is 468 g/mol. The van der Waals surface area contributed by atoms with E-state index in [-0.39, 0.29) is 17.3 Å². The van der Waals surface area contributed by atoms with Crippen molar-refractivity contribution in [2.75, 3.05) is 30.4 Å². The number of hydrogen-bond donors (Lipinski definition) is 3. The number of nitrogens with one attached hydrogen (secondary N) is 2. The molecular weight excluding hydrogens is 443 g/mol. The molecule has 35 heavy (non-hydrogen) atoms. The molecule has 1 aliphatic carbocycles. The van der Waals surface area contributed by atoms with E-state index in [4.69, 9.17) is 15.7 Å². The van der Waals surface area contributed by atoms with E-state index in [0.717, 1.165) is 64.6 Å². The average Bonchev–Trinajstić information content (AvgIpc) is 3.17. The maximum atomic E-state index is 14.5. The van der Waals surface area contributed by atoms with Crippen LogP contribution in [0.2, 0.25) is 0 Å². The smallest absolute Gasteiger partial charge is 0.144 e. The second-order valence-corrected chi connectivity index (χ2v) is 9.84. The van der Waals surface area contributed by atoms with E-state index >= 15 is 0 Å². The summed E-state index contributed by atoms with van der Waals surface area (Å²) >= 11 is 0. The van der Waals surface area contributed by atoms with Gasteiger partial charge in [0.2, 0.25) is 0 Å². The lowest BCUT2D eigenvalue weighted by Crippen LogP contribution is -2.24. The third-order valence-electron chi connectivity index (χ3n) is 7.63. The van der Waals surface area contributed by atoms with E-state index in [1.54, 1.807) is 19.3 Å². The maximum absolute atomic E-state index is 14.5. The minimum Gasteiger partial charge on any atom is -0.386 e. The van der Waals surface area contributed by atoms with Gasteiger partial charge in [-0.25, -0.2) is 14.4 Å². The summed E-state index contributed by atoms with van der Waals surface area (Å²) in [6, 6.07) is 9.16. The van der Waals surface area contributed by atoms with Crippen molar-refractivity contribution in [1.82, 2.24) is 24.9 Å². The normalized spacial score (nSPS) is 21.6. The lowest BCUT2D eigenvalue weighted by molar-refractivity contribution is 0.553. The molecule has 176 valence electrons. The van der Waals surface area contributed by atoms with Gasteiger partial charge in [0.1, 0.15) is 23.1 Å². The molecular formula is C26H25FN8. The van der Waals surface area contributed by atoms with Crippen molar-refractivity contribution in [3.05, 3.63) is 59.9 Å². The van der Waals surface area contributed by atoms with Crippen molar-refractivity contribution >= 4 is 44.5 Å². The van der Waals surface area contributed by atoms with E-state index < -0.39 is 0 Å². The molecule has 1 aromatic carbocycles. The predicted molar refractivity (Wildman–Crippen MR) is 135 cm³/mol. The number of hydrogen-bond acceptors (Lipinski definition) is 7. The fourth-order valence-corrected chi connectivity index (χ4v) is 5.59. The molecule has 9 heteroatoms. The number of aromatic amines is 1. The van der Waals surface area contributed by atoms with E-state index in [0.29, 0.717) is 23.6 Å². The van der Waals surface area contributed by atoms with Gasteiger partial charge in [-0.2, -0.15) is 0 Å². The van der Waals surface area contributed by atoms with Gasteiger partial charge in [-0.1, -0.05) is 0 Å². The van der Waals surface area contributed by atoms with Crippen molar-refractivity contribution in [2.45, 2.75) is 25.3 Å². The minimum absolute atomic E-state index is 0.179. The quantitative estimate of drug-likeness (QED) is 0.369. The number of nitrogens with two attached hydrogens (primary N) is 1. The molecule has 2 atom stereocenters. The number of fused-ring (bicyclic) bond motifs is 4. The highest BCUT2D eigenvalue weighted by atomic mass is 19.1. The zero-order chi connectivity index (χ0) is 23.7. The molecule has 2 fully saturated rings. The number of H-pyrrole nitrogens is 1. The molecule has 4 N–H and O–H groups in total. The molecule has 0 amide bonds. The largest absolute Gasteiger partial charge is 0.386 e. The zero-order valence-corrected chi connectivity index (χ0v) is 19.3. The van der Waals surface area contributed by atoms with Gasteiger partial charge in [0.05, 0.1) is 27.6 Å². The van der Waals surface area contributed by atoms with Crippen LogP contribution in [0, 0.1) is 11.2 Å². The lowest BCUT2D eigenvalue weighted by Gasteiger charge is -2.19. The van der Waals surface area contributed by atoms with E-state index in [9.17, 15) is 4.39 Å². The molecule has 5 aromatic rings. The molecule has 5 heterocycles. The van der Waals surface area contributed by atoms with Crippen LogP contribution in [-0.2, 0) is 6.42 Å². The summed E-state index contributed by atoms with van der Waals surface area (Å²) in [5.41, 5.74) is 11.4. The molecule has 1 aliphatic heterocycles. The second kappa shape index (κ2) is 7.32. The Balaban J connectivity index is 1.39. The Morgan fingerprint density at radius 3 is 2.91 bits per heavy atom. The Morgan fingerprint density at radius 1 is 1.23 bits per heavy atom. The Kier molecular flexibility index (Phi) is 4.29. The Bertz CT molecular complexity index is 1630. The second-order valence-electron chi connectivity index (χ2n) is 9.84. The van der Waals surface area contributed by atoms with Gasteiger partial charge in [0, 0.05) is 55.8 Å². The van der Waals surface area contributed by atoms with Crippen molar-refractivity contribution in [1.29, 1.82) is 0 Å². The Labute approximate surface area is 200 Å². The van der Waals surface area contributed by atoms with Crippen LogP contribution >= 0.6 is 0 Å².